The molecule has 1 aliphatic heterocycles. The molecule has 194 valence electrons. The molecule has 3 amide bonds. The van der Waals surface area contributed by atoms with Crippen LogP contribution in [0.25, 0.3) is 0 Å². The number of unbranched alkanes of at least 4 members (excludes halogenated alkanes) is 1. The summed E-state index contributed by atoms with van der Waals surface area (Å²) in [4.78, 5) is 69.3. The van der Waals surface area contributed by atoms with E-state index in [0.29, 0.717) is 37.9 Å². The molecule has 14 nitrogen and oxygen atoms in total. The lowest BCUT2D eigenvalue weighted by Gasteiger charge is -2.28. The number of aromatic amines is 1. The number of likely N-dealkylation sites (tertiary alicyclic amines) is 1. The quantitative estimate of drug-likeness (QED) is 0.139. The number of hydrogen-bond acceptors (Lipinski definition) is 8. The third-order valence-corrected chi connectivity index (χ3v) is 5.73. The molecular formula is C21H33N7O7. The number of carbonyl (C=O) groups excluding carboxylic acids is 3. The minimum atomic E-state index is -1.49. The van der Waals surface area contributed by atoms with E-state index in [2.05, 4.69) is 20.6 Å². The van der Waals surface area contributed by atoms with E-state index in [1.807, 2.05) is 0 Å². The number of aromatic nitrogens is 2. The Labute approximate surface area is 201 Å². The fourth-order valence-electron chi connectivity index (χ4n) is 3.90. The monoisotopic (exact) mass is 495 g/mol. The van der Waals surface area contributed by atoms with Gasteiger partial charge in [-0.2, -0.15) is 0 Å². The van der Waals surface area contributed by atoms with Crippen LogP contribution in [0.4, 0.5) is 0 Å². The van der Waals surface area contributed by atoms with E-state index >= 15 is 0 Å². The van der Waals surface area contributed by atoms with Crippen LogP contribution in [-0.4, -0.2) is 92.0 Å². The number of amides is 3. The summed E-state index contributed by atoms with van der Waals surface area (Å²) in [6.07, 6.45) is 4.28. The standard InChI is InChI=1S/C21H33N7O7/c22-6-2-1-4-14(20(33)28-7-3-5-16(28)21(34)35)26-19(32)15(9-17(29)30)27-18(31)13(23)8-12-10-24-11-25-12/h10-11,13-16H,1-9,22-23H2,(H,24,25)(H,26,32)(H,27,31)(H,29,30)(H,34,35). The van der Waals surface area contributed by atoms with Gasteiger partial charge >= 0.3 is 11.9 Å². The number of nitrogens with two attached hydrogens (primary N) is 2. The van der Waals surface area contributed by atoms with Crippen molar-refractivity contribution >= 4 is 29.7 Å². The maximum Gasteiger partial charge on any atom is 0.326 e. The lowest BCUT2D eigenvalue weighted by atomic mass is 10.1. The third kappa shape index (κ3) is 8.33. The summed E-state index contributed by atoms with van der Waals surface area (Å²) in [5, 5.41) is 23.5. The van der Waals surface area contributed by atoms with Gasteiger partial charge in [-0.15, -0.1) is 0 Å². The molecular weight excluding hydrogens is 462 g/mol. The zero-order valence-corrected chi connectivity index (χ0v) is 19.3. The maximum atomic E-state index is 13.1. The number of rotatable bonds is 14. The van der Waals surface area contributed by atoms with Crippen molar-refractivity contribution in [2.24, 2.45) is 11.5 Å². The Kier molecular flexibility index (Phi) is 10.6. The predicted molar refractivity (Wildman–Crippen MR) is 122 cm³/mol. The summed E-state index contributed by atoms with van der Waals surface area (Å²) in [7, 11) is 0. The Hall–Kier alpha value is -3.52. The number of aliphatic carboxylic acids is 2. The largest absolute Gasteiger partial charge is 0.481 e. The molecule has 1 aromatic heterocycles. The van der Waals surface area contributed by atoms with Crippen LogP contribution in [0, 0.1) is 0 Å². The topological polar surface area (TPSA) is 234 Å². The highest BCUT2D eigenvalue weighted by Gasteiger charge is 2.38. The summed E-state index contributed by atoms with van der Waals surface area (Å²) < 4.78 is 0. The van der Waals surface area contributed by atoms with Crippen molar-refractivity contribution in [3.63, 3.8) is 0 Å². The SMILES string of the molecule is NCCCCC(NC(=O)C(CC(=O)O)NC(=O)C(N)Cc1cnc[nH]1)C(=O)N1CCCC1C(=O)O. The third-order valence-electron chi connectivity index (χ3n) is 5.73. The normalized spacial score (nSPS) is 17.9. The number of imidazole rings is 1. The first-order chi connectivity index (χ1) is 16.6. The number of nitrogens with one attached hydrogen (secondary N) is 3. The van der Waals surface area contributed by atoms with E-state index in [9.17, 15) is 34.2 Å². The molecule has 0 saturated carbocycles. The zero-order valence-electron chi connectivity index (χ0n) is 19.3. The van der Waals surface area contributed by atoms with Crippen LogP contribution >= 0.6 is 0 Å². The van der Waals surface area contributed by atoms with Crippen LogP contribution in [0.5, 0.6) is 0 Å². The lowest BCUT2D eigenvalue weighted by Crippen LogP contribution is -2.57. The minimum absolute atomic E-state index is 0.0823. The molecule has 2 rings (SSSR count). The van der Waals surface area contributed by atoms with Crippen LogP contribution in [0.2, 0.25) is 0 Å². The van der Waals surface area contributed by atoms with E-state index in [0.717, 1.165) is 0 Å². The predicted octanol–water partition coefficient (Wildman–Crippen LogP) is -2.07. The summed E-state index contributed by atoms with van der Waals surface area (Å²) >= 11 is 0. The molecule has 1 aromatic rings. The number of carboxylic acid groups (broad SMARTS) is 2. The molecule has 2 heterocycles. The average molecular weight is 496 g/mol. The molecule has 35 heavy (non-hydrogen) atoms. The average Bonchev–Trinajstić information content (AvgIpc) is 3.49. The maximum absolute atomic E-state index is 13.1. The van der Waals surface area contributed by atoms with Gasteiger partial charge in [-0.05, 0) is 38.6 Å². The molecule has 0 bridgehead atoms. The smallest absolute Gasteiger partial charge is 0.326 e. The second-order valence-electron chi connectivity index (χ2n) is 8.42. The zero-order chi connectivity index (χ0) is 26.0. The fraction of sp³-hybridized carbons (Fsp3) is 0.619. The summed E-state index contributed by atoms with van der Waals surface area (Å²) in [6, 6.07) is -4.67. The van der Waals surface area contributed by atoms with Gasteiger partial charge in [0, 0.05) is 24.9 Å². The van der Waals surface area contributed by atoms with Crippen LogP contribution in [0.3, 0.4) is 0 Å². The molecule has 9 N–H and O–H groups in total. The van der Waals surface area contributed by atoms with Gasteiger partial charge in [0.2, 0.25) is 17.7 Å². The second-order valence-corrected chi connectivity index (χ2v) is 8.42. The highest BCUT2D eigenvalue weighted by Crippen LogP contribution is 2.20. The molecule has 1 fully saturated rings. The molecule has 0 spiro atoms. The number of carbonyl (C=O) groups is 5. The van der Waals surface area contributed by atoms with Crippen LogP contribution in [-0.2, 0) is 30.4 Å². The fourth-order valence-corrected chi connectivity index (χ4v) is 3.90. The van der Waals surface area contributed by atoms with Gasteiger partial charge in [-0.1, -0.05) is 0 Å². The molecule has 4 atom stereocenters. The van der Waals surface area contributed by atoms with Crippen LogP contribution in [0.1, 0.15) is 44.2 Å². The summed E-state index contributed by atoms with van der Waals surface area (Å²) in [5.41, 5.74) is 12.0. The number of H-pyrrole nitrogens is 1. The van der Waals surface area contributed by atoms with Crippen molar-refractivity contribution in [3.8, 4) is 0 Å². The molecule has 0 aliphatic carbocycles. The Balaban J connectivity index is 2.12. The van der Waals surface area contributed by atoms with E-state index in [-0.39, 0.29) is 19.4 Å². The van der Waals surface area contributed by atoms with Crippen molar-refractivity contribution in [2.45, 2.75) is 69.1 Å². The lowest BCUT2D eigenvalue weighted by molar-refractivity contribution is -0.149. The van der Waals surface area contributed by atoms with Crippen molar-refractivity contribution in [2.75, 3.05) is 13.1 Å². The highest BCUT2D eigenvalue weighted by molar-refractivity contribution is 5.95. The Morgan fingerprint density at radius 3 is 2.46 bits per heavy atom. The molecule has 4 unspecified atom stereocenters. The van der Waals surface area contributed by atoms with Gasteiger partial charge in [0.25, 0.3) is 0 Å². The van der Waals surface area contributed by atoms with Gasteiger partial charge in [0.1, 0.15) is 18.1 Å². The number of carboxylic acids is 2. The van der Waals surface area contributed by atoms with Gasteiger partial charge in [0.15, 0.2) is 0 Å². The number of nitrogens with zero attached hydrogens (tertiary/aromatic N) is 2. The van der Waals surface area contributed by atoms with Gasteiger partial charge < -0.3 is 42.2 Å². The van der Waals surface area contributed by atoms with Crippen molar-refractivity contribution in [1.29, 1.82) is 0 Å². The van der Waals surface area contributed by atoms with Crippen molar-refractivity contribution in [3.05, 3.63) is 18.2 Å². The molecule has 0 radical (unpaired) electrons. The number of hydrogen-bond donors (Lipinski definition) is 7. The van der Waals surface area contributed by atoms with Gasteiger partial charge in [0.05, 0.1) is 18.8 Å². The van der Waals surface area contributed by atoms with Crippen LogP contribution in [0.15, 0.2) is 12.5 Å². The van der Waals surface area contributed by atoms with Gasteiger partial charge in [-0.3, -0.25) is 19.2 Å². The first-order valence-electron chi connectivity index (χ1n) is 11.4. The molecule has 1 aliphatic rings. The van der Waals surface area contributed by atoms with E-state index in [1.165, 1.54) is 17.4 Å². The van der Waals surface area contributed by atoms with E-state index < -0.39 is 60.2 Å². The Morgan fingerprint density at radius 1 is 1.14 bits per heavy atom. The minimum Gasteiger partial charge on any atom is -0.481 e. The summed E-state index contributed by atoms with van der Waals surface area (Å²) in [5.74, 6) is -4.69. The Morgan fingerprint density at radius 2 is 1.86 bits per heavy atom. The second kappa shape index (κ2) is 13.4. The Bertz CT molecular complexity index is 893. The first kappa shape index (κ1) is 27.7. The molecule has 0 aromatic carbocycles. The van der Waals surface area contributed by atoms with Crippen LogP contribution < -0.4 is 22.1 Å². The molecule has 1 saturated heterocycles. The van der Waals surface area contributed by atoms with Gasteiger partial charge in [-0.25, -0.2) is 9.78 Å². The van der Waals surface area contributed by atoms with E-state index in [1.54, 1.807) is 0 Å². The summed E-state index contributed by atoms with van der Waals surface area (Å²) in [6.45, 7) is 0.596. The van der Waals surface area contributed by atoms with E-state index in [4.69, 9.17) is 11.5 Å². The molecule has 14 heteroatoms. The highest BCUT2D eigenvalue weighted by atomic mass is 16.4. The first-order valence-corrected chi connectivity index (χ1v) is 11.4. The van der Waals surface area contributed by atoms with Crippen molar-refractivity contribution in [1.82, 2.24) is 25.5 Å². The van der Waals surface area contributed by atoms with Crippen molar-refractivity contribution < 1.29 is 34.2 Å².